The van der Waals surface area contributed by atoms with Crippen molar-refractivity contribution in [2.45, 2.75) is 10.8 Å². The van der Waals surface area contributed by atoms with Gasteiger partial charge in [-0.25, -0.2) is 0 Å². The minimum absolute atomic E-state index is 0.795. The summed E-state index contributed by atoms with van der Waals surface area (Å²) in [6, 6.07) is 18.0. The van der Waals surface area contributed by atoms with Gasteiger partial charge in [-0.1, -0.05) is 45.9 Å². The van der Waals surface area contributed by atoms with E-state index in [9.17, 15) is 0 Å². The summed E-state index contributed by atoms with van der Waals surface area (Å²) in [4.78, 5) is 4.27. The highest BCUT2D eigenvalue weighted by Crippen LogP contribution is 2.22. The first-order valence-corrected chi connectivity index (χ1v) is 8.21. The van der Waals surface area contributed by atoms with Crippen LogP contribution in [0.4, 0.5) is 0 Å². The first-order valence-electron chi connectivity index (χ1n) is 6.44. The fraction of sp³-hybridized carbons (Fsp3) is 0.0625. The predicted molar refractivity (Wildman–Crippen MR) is 89.0 cm³/mol. The van der Waals surface area contributed by atoms with Crippen molar-refractivity contribution in [3.05, 3.63) is 70.8 Å². The van der Waals surface area contributed by atoms with Gasteiger partial charge >= 0.3 is 0 Å². The van der Waals surface area contributed by atoms with Gasteiger partial charge in [0, 0.05) is 16.4 Å². The summed E-state index contributed by atoms with van der Waals surface area (Å²) < 4.78 is 1.09. The van der Waals surface area contributed by atoms with E-state index >= 15 is 0 Å². The van der Waals surface area contributed by atoms with Crippen LogP contribution in [0.1, 0.15) is 5.56 Å². The highest BCUT2D eigenvalue weighted by molar-refractivity contribution is 9.10. The molecule has 0 atom stereocenters. The largest absolute Gasteiger partial charge is 0.255 e. The SMILES string of the molecule is Brc1ccc(CSc2ccc(-c3ccccn3)nn2)cc1. The molecule has 2 aromatic heterocycles. The van der Waals surface area contributed by atoms with Crippen LogP contribution in [0.15, 0.2) is 70.3 Å². The monoisotopic (exact) mass is 357 g/mol. The molecule has 0 spiro atoms. The standard InChI is InChI=1S/C16H12BrN3S/c17-13-6-4-12(5-7-13)11-21-16-9-8-15(19-20-16)14-3-1-2-10-18-14/h1-10H,11H2. The number of thioether (sulfide) groups is 1. The van der Waals surface area contributed by atoms with Gasteiger partial charge in [-0.3, -0.25) is 4.98 Å². The van der Waals surface area contributed by atoms with Gasteiger partial charge in [-0.15, -0.1) is 10.2 Å². The van der Waals surface area contributed by atoms with E-state index in [2.05, 4.69) is 43.2 Å². The molecule has 0 amide bonds. The molecule has 0 aliphatic carbocycles. The van der Waals surface area contributed by atoms with Gasteiger partial charge in [0.1, 0.15) is 10.7 Å². The normalized spacial score (nSPS) is 10.5. The zero-order valence-electron chi connectivity index (χ0n) is 11.1. The molecule has 3 rings (SSSR count). The molecule has 3 aromatic rings. The first kappa shape index (κ1) is 14.2. The van der Waals surface area contributed by atoms with E-state index in [1.807, 2.05) is 42.5 Å². The van der Waals surface area contributed by atoms with Crippen LogP contribution >= 0.6 is 27.7 Å². The van der Waals surface area contributed by atoms with Gasteiger partial charge < -0.3 is 0 Å². The Bertz CT molecular complexity index is 700. The second kappa shape index (κ2) is 6.83. The number of hydrogen-bond acceptors (Lipinski definition) is 4. The molecule has 104 valence electrons. The Morgan fingerprint density at radius 2 is 1.71 bits per heavy atom. The maximum atomic E-state index is 4.27. The molecule has 0 radical (unpaired) electrons. The van der Waals surface area contributed by atoms with Gasteiger partial charge in [-0.2, -0.15) is 0 Å². The summed E-state index contributed by atoms with van der Waals surface area (Å²) in [5, 5.41) is 9.40. The van der Waals surface area contributed by atoms with Crippen LogP contribution in [-0.2, 0) is 5.75 Å². The lowest BCUT2D eigenvalue weighted by atomic mass is 10.2. The van der Waals surface area contributed by atoms with Crippen molar-refractivity contribution >= 4 is 27.7 Å². The Kier molecular flexibility index (Phi) is 4.62. The van der Waals surface area contributed by atoms with E-state index in [4.69, 9.17) is 0 Å². The molecule has 1 aromatic carbocycles. The van der Waals surface area contributed by atoms with E-state index in [1.54, 1.807) is 18.0 Å². The predicted octanol–water partition coefficient (Wildman–Crippen LogP) is 4.59. The van der Waals surface area contributed by atoms with Crippen molar-refractivity contribution < 1.29 is 0 Å². The lowest BCUT2D eigenvalue weighted by Crippen LogP contribution is -1.91. The number of aromatic nitrogens is 3. The van der Waals surface area contributed by atoms with E-state index in [0.717, 1.165) is 26.6 Å². The third-order valence-corrected chi connectivity index (χ3v) is 4.39. The highest BCUT2D eigenvalue weighted by atomic mass is 79.9. The highest BCUT2D eigenvalue weighted by Gasteiger charge is 2.03. The Morgan fingerprint density at radius 1 is 0.857 bits per heavy atom. The molecule has 0 saturated carbocycles. The fourth-order valence-corrected chi connectivity index (χ4v) is 2.82. The molecule has 0 aliphatic rings. The van der Waals surface area contributed by atoms with Crippen molar-refractivity contribution in [1.29, 1.82) is 0 Å². The molecule has 0 bridgehead atoms. The molecule has 21 heavy (non-hydrogen) atoms. The number of pyridine rings is 1. The summed E-state index contributed by atoms with van der Waals surface area (Å²) in [7, 11) is 0. The van der Waals surface area contributed by atoms with Crippen LogP contribution < -0.4 is 0 Å². The van der Waals surface area contributed by atoms with Crippen molar-refractivity contribution in [2.75, 3.05) is 0 Å². The van der Waals surface area contributed by atoms with E-state index in [1.165, 1.54) is 5.56 Å². The van der Waals surface area contributed by atoms with Crippen LogP contribution in [0.2, 0.25) is 0 Å². The van der Waals surface area contributed by atoms with Gasteiger partial charge in [0.25, 0.3) is 0 Å². The average Bonchev–Trinajstić information content (AvgIpc) is 2.56. The Morgan fingerprint density at radius 3 is 2.38 bits per heavy atom. The van der Waals surface area contributed by atoms with Crippen molar-refractivity contribution in [1.82, 2.24) is 15.2 Å². The third-order valence-electron chi connectivity index (χ3n) is 2.87. The van der Waals surface area contributed by atoms with Crippen LogP contribution in [0.25, 0.3) is 11.4 Å². The number of benzene rings is 1. The van der Waals surface area contributed by atoms with Crippen LogP contribution in [-0.4, -0.2) is 15.2 Å². The maximum absolute atomic E-state index is 4.27. The summed E-state index contributed by atoms with van der Waals surface area (Å²) in [5.74, 6) is 0.880. The average molecular weight is 358 g/mol. The molecular weight excluding hydrogens is 346 g/mol. The Labute approximate surface area is 136 Å². The smallest absolute Gasteiger partial charge is 0.119 e. The molecule has 2 heterocycles. The van der Waals surface area contributed by atoms with Gasteiger partial charge in [0.2, 0.25) is 0 Å². The molecule has 0 aliphatic heterocycles. The summed E-state index contributed by atoms with van der Waals surface area (Å²) in [6.45, 7) is 0. The molecule has 0 unspecified atom stereocenters. The van der Waals surface area contributed by atoms with E-state index < -0.39 is 0 Å². The molecule has 0 fully saturated rings. The molecule has 0 N–H and O–H groups in total. The summed E-state index contributed by atoms with van der Waals surface area (Å²) in [5.41, 5.74) is 2.90. The molecular formula is C16H12BrN3S. The minimum atomic E-state index is 0.795. The summed E-state index contributed by atoms with van der Waals surface area (Å²) >= 11 is 5.11. The fourth-order valence-electron chi connectivity index (χ4n) is 1.79. The Balaban J connectivity index is 1.66. The van der Waals surface area contributed by atoms with E-state index in [0.29, 0.717) is 0 Å². The van der Waals surface area contributed by atoms with E-state index in [-0.39, 0.29) is 0 Å². The number of hydrogen-bond donors (Lipinski definition) is 0. The quantitative estimate of drug-likeness (QED) is 0.640. The van der Waals surface area contributed by atoms with Crippen molar-refractivity contribution in [3.63, 3.8) is 0 Å². The first-order chi connectivity index (χ1) is 10.3. The summed E-state index contributed by atoms with van der Waals surface area (Å²) in [6.07, 6.45) is 1.76. The molecule has 0 saturated heterocycles. The zero-order valence-corrected chi connectivity index (χ0v) is 13.5. The molecule has 5 heteroatoms. The van der Waals surface area contributed by atoms with Crippen LogP contribution in [0, 0.1) is 0 Å². The zero-order chi connectivity index (χ0) is 14.5. The maximum Gasteiger partial charge on any atom is 0.119 e. The Hall–Kier alpha value is -1.72. The number of halogens is 1. The minimum Gasteiger partial charge on any atom is -0.255 e. The van der Waals surface area contributed by atoms with Gasteiger partial charge in [-0.05, 0) is 42.0 Å². The van der Waals surface area contributed by atoms with Gasteiger partial charge in [0.15, 0.2) is 0 Å². The topological polar surface area (TPSA) is 38.7 Å². The van der Waals surface area contributed by atoms with Crippen LogP contribution in [0.5, 0.6) is 0 Å². The van der Waals surface area contributed by atoms with Crippen LogP contribution in [0.3, 0.4) is 0 Å². The second-order valence-electron chi connectivity index (χ2n) is 4.39. The lowest BCUT2D eigenvalue weighted by molar-refractivity contribution is 0.931. The number of rotatable bonds is 4. The molecule has 3 nitrogen and oxygen atoms in total. The third kappa shape index (κ3) is 3.89. The number of nitrogens with zero attached hydrogens (tertiary/aromatic N) is 3. The lowest BCUT2D eigenvalue weighted by Gasteiger charge is -2.02. The second-order valence-corrected chi connectivity index (χ2v) is 6.30. The van der Waals surface area contributed by atoms with Crippen molar-refractivity contribution in [2.24, 2.45) is 0 Å². The van der Waals surface area contributed by atoms with Crippen molar-refractivity contribution in [3.8, 4) is 11.4 Å². The van der Waals surface area contributed by atoms with Gasteiger partial charge in [0.05, 0.1) is 5.69 Å².